The van der Waals surface area contributed by atoms with Crippen LogP contribution in [0.15, 0.2) is 30.4 Å². The first-order valence-electron chi connectivity index (χ1n) is 8.10. The lowest BCUT2D eigenvalue weighted by atomic mass is 9.86. The molecule has 1 aromatic carbocycles. The molecule has 5 heteroatoms. The van der Waals surface area contributed by atoms with Crippen LogP contribution in [0.1, 0.15) is 18.4 Å². The van der Waals surface area contributed by atoms with Crippen molar-refractivity contribution in [1.82, 2.24) is 10.2 Å². The van der Waals surface area contributed by atoms with Crippen molar-refractivity contribution in [2.24, 2.45) is 11.8 Å². The van der Waals surface area contributed by atoms with E-state index in [1.54, 1.807) is 14.2 Å². The predicted molar refractivity (Wildman–Crippen MR) is 88.7 cm³/mol. The molecule has 0 bridgehead atoms. The Morgan fingerprint density at radius 3 is 2.48 bits per heavy atom. The molecule has 0 saturated carbocycles. The number of nitrogens with one attached hydrogen (secondary N) is 1. The van der Waals surface area contributed by atoms with Crippen molar-refractivity contribution < 1.29 is 14.3 Å². The lowest BCUT2D eigenvalue weighted by Gasteiger charge is -2.18. The van der Waals surface area contributed by atoms with Crippen molar-refractivity contribution in [3.05, 3.63) is 35.9 Å². The third kappa shape index (κ3) is 3.44. The predicted octanol–water partition coefficient (Wildman–Crippen LogP) is 2.81. The van der Waals surface area contributed by atoms with Gasteiger partial charge in [0.25, 0.3) is 0 Å². The fourth-order valence-electron chi connectivity index (χ4n) is 3.46. The van der Waals surface area contributed by atoms with Crippen LogP contribution in [0.2, 0.25) is 0 Å². The van der Waals surface area contributed by atoms with E-state index in [1.807, 2.05) is 23.1 Å². The van der Waals surface area contributed by atoms with E-state index >= 15 is 0 Å². The van der Waals surface area contributed by atoms with Crippen molar-refractivity contribution in [1.29, 1.82) is 0 Å². The van der Waals surface area contributed by atoms with Gasteiger partial charge in [-0.15, -0.1) is 0 Å². The Morgan fingerprint density at radius 1 is 1.17 bits per heavy atom. The Morgan fingerprint density at radius 2 is 1.87 bits per heavy atom. The van der Waals surface area contributed by atoms with Crippen molar-refractivity contribution in [2.75, 3.05) is 27.3 Å². The van der Waals surface area contributed by atoms with Crippen LogP contribution in [-0.2, 0) is 6.54 Å². The molecule has 2 aliphatic rings. The van der Waals surface area contributed by atoms with Gasteiger partial charge in [0.05, 0.1) is 14.2 Å². The molecule has 1 aromatic rings. The fourth-order valence-corrected chi connectivity index (χ4v) is 3.46. The highest BCUT2D eigenvalue weighted by Gasteiger charge is 2.34. The summed E-state index contributed by atoms with van der Waals surface area (Å²) in [5, 5.41) is 3.01. The Labute approximate surface area is 137 Å². The zero-order chi connectivity index (χ0) is 16.2. The summed E-state index contributed by atoms with van der Waals surface area (Å²) in [4.78, 5) is 14.4. The van der Waals surface area contributed by atoms with Gasteiger partial charge in [-0.1, -0.05) is 12.2 Å². The van der Waals surface area contributed by atoms with Crippen LogP contribution < -0.4 is 14.8 Å². The summed E-state index contributed by atoms with van der Waals surface area (Å²) in [5.74, 6) is 2.72. The van der Waals surface area contributed by atoms with Crippen LogP contribution >= 0.6 is 0 Å². The maximum Gasteiger partial charge on any atom is 0.317 e. The number of ether oxygens (including phenoxy) is 2. The molecule has 3 rings (SSSR count). The number of benzene rings is 1. The van der Waals surface area contributed by atoms with E-state index in [9.17, 15) is 4.79 Å². The Hall–Kier alpha value is -2.17. The molecular weight excluding hydrogens is 292 g/mol. The van der Waals surface area contributed by atoms with E-state index in [0.717, 1.165) is 43.0 Å². The second-order valence-corrected chi connectivity index (χ2v) is 6.20. The molecule has 2 amide bonds. The highest BCUT2D eigenvalue weighted by molar-refractivity contribution is 5.74. The van der Waals surface area contributed by atoms with Gasteiger partial charge in [-0.2, -0.15) is 0 Å². The van der Waals surface area contributed by atoms with E-state index in [-0.39, 0.29) is 6.03 Å². The first-order valence-corrected chi connectivity index (χ1v) is 8.10. The van der Waals surface area contributed by atoms with Crippen molar-refractivity contribution >= 4 is 6.03 Å². The molecule has 0 unspecified atom stereocenters. The lowest BCUT2D eigenvalue weighted by molar-refractivity contribution is 0.206. The number of allylic oxidation sites excluding steroid dienone is 2. The SMILES string of the molecule is COc1ccc(CNC(=O)N2C[C@@H]3CC=CC[C@H]3C2)c(OC)c1. The molecule has 0 aromatic heterocycles. The monoisotopic (exact) mass is 316 g/mol. The van der Waals surface area contributed by atoms with Crippen LogP contribution in [0, 0.1) is 11.8 Å². The van der Waals surface area contributed by atoms with Crippen LogP contribution in [0.25, 0.3) is 0 Å². The minimum atomic E-state index is 0.0114. The first-order chi connectivity index (χ1) is 11.2. The Bertz CT molecular complexity index is 584. The van der Waals surface area contributed by atoms with Gasteiger partial charge in [-0.3, -0.25) is 0 Å². The summed E-state index contributed by atoms with van der Waals surface area (Å²) in [7, 11) is 3.25. The summed E-state index contributed by atoms with van der Waals surface area (Å²) in [6, 6.07) is 5.64. The quantitative estimate of drug-likeness (QED) is 0.869. The second kappa shape index (κ2) is 6.94. The maximum atomic E-state index is 12.4. The molecule has 0 radical (unpaired) electrons. The molecule has 0 spiro atoms. The van der Waals surface area contributed by atoms with Gasteiger partial charge in [0.1, 0.15) is 11.5 Å². The topological polar surface area (TPSA) is 50.8 Å². The highest BCUT2D eigenvalue weighted by atomic mass is 16.5. The average molecular weight is 316 g/mol. The number of carbonyl (C=O) groups is 1. The van der Waals surface area contributed by atoms with Gasteiger partial charge < -0.3 is 19.7 Å². The summed E-state index contributed by atoms with van der Waals surface area (Å²) in [6.07, 6.45) is 6.68. The molecule has 124 valence electrons. The highest BCUT2D eigenvalue weighted by Crippen LogP contribution is 2.32. The zero-order valence-corrected chi connectivity index (χ0v) is 13.7. The number of likely N-dealkylation sites (tertiary alicyclic amines) is 1. The normalized spacial score (nSPS) is 22.6. The third-order valence-corrected chi connectivity index (χ3v) is 4.83. The molecule has 1 aliphatic carbocycles. The lowest BCUT2D eigenvalue weighted by Crippen LogP contribution is -2.38. The molecule has 1 heterocycles. The summed E-state index contributed by atoms with van der Waals surface area (Å²) >= 11 is 0. The minimum Gasteiger partial charge on any atom is -0.497 e. The van der Waals surface area contributed by atoms with E-state index in [4.69, 9.17) is 9.47 Å². The van der Waals surface area contributed by atoms with Gasteiger partial charge in [-0.05, 0) is 36.8 Å². The molecular formula is C18H24N2O3. The minimum absolute atomic E-state index is 0.0114. The first kappa shape index (κ1) is 15.7. The van der Waals surface area contributed by atoms with Gasteiger partial charge in [0.2, 0.25) is 0 Å². The summed E-state index contributed by atoms with van der Waals surface area (Å²) < 4.78 is 10.6. The van der Waals surface area contributed by atoms with Crippen LogP contribution in [-0.4, -0.2) is 38.2 Å². The molecule has 23 heavy (non-hydrogen) atoms. The van der Waals surface area contributed by atoms with Crippen LogP contribution in [0.4, 0.5) is 4.79 Å². The number of hydrogen-bond donors (Lipinski definition) is 1. The molecule has 1 N–H and O–H groups in total. The summed E-state index contributed by atoms with van der Waals surface area (Å²) in [5.41, 5.74) is 0.944. The summed E-state index contributed by atoms with van der Waals surface area (Å²) in [6.45, 7) is 2.18. The van der Waals surface area contributed by atoms with Crippen LogP contribution in [0.5, 0.6) is 11.5 Å². The second-order valence-electron chi connectivity index (χ2n) is 6.20. The van der Waals surface area contributed by atoms with Crippen molar-refractivity contribution in [3.8, 4) is 11.5 Å². The fraction of sp³-hybridized carbons (Fsp3) is 0.500. The number of urea groups is 1. The molecule has 1 saturated heterocycles. The van der Waals surface area contributed by atoms with E-state index in [2.05, 4.69) is 17.5 Å². The number of carbonyl (C=O) groups excluding carboxylic acids is 1. The van der Waals surface area contributed by atoms with Crippen LogP contribution in [0.3, 0.4) is 0 Å². The number of rotatable bonds is 4. The van der Waals surface area contributed by atoms with E-state index < -0.39 is 0 Å². The van der Waals surface area contributed by atoms with Gasteiger partial charge in [0, 0.05) is 31.3 Å². The van der Waals surface area contributed by atoms with Crippen molar-refractivity contribution in [2.45, 2.75) is 19.4 Å². The number of hydrogen-bond acceptors (Lipinski definition) is 3. The number of methoxy groups -OCH3 is 2. The van der Waals surface area contributed by atoms with Gasteiger partial charge in [-0.25, -0.2) is 4.79 Å². The molecule has 2 atom stereocenters. The van der Waals surface area contributed by atoms with E-state index in [1.165, 1.54) is 0 Å². The van der Waals surface area contributed by atoms with Gasteiger partial charge in [0.15, 0.2) is 0 Å². The van der Waals surface area contributed by atoms with E-state index in [0.29, 0.717) is 18.4 Å². The van der Waals surface area contributed by atoms with Gasteiger partial charge >= 0.3 is 6.03 Å². The maximum absolute atomic E-state index is 12.4. The number of nitrogens with zero attached hydrogens (tertiary/aromatic N) is 1. The largest absolute Gasteiger partial charge is 0.497 e. The Kier molecular flexibility index (Phi) is 4.74. The molecule has 1 fully saturated rings. The Balaban J connectivity index is 1.57. The molecule has 1 aliphatic heterocycles. The molecule has 5 nitrogen and oxygen atoms in total. The van der Waals surface area contributed by atoms with Crippen molar-refractivity contribution in [3.63, 3.8) is 0 Å². The number of amides is 2. The smallest absolute Gasteiger partial charge is 0.317 e. The zero-order valence-electron chi connectivity index (χ0n) is 13.7. The average Bonchev–Trinajstić information content (AvgIpc) is 3.03. The third-order valence-electron chi connectivity index (χ3n) is 4.83. The number of fused-ring (bicyclic) bond motifs is 1. The standard InChI is InChI=1S/C18H24N2O3/c1-22-16-8-7-13(17(9-16)23-2)10-19-18(21)20-11-14-5-3-4-6-15(14)12-20/h3-4,7-9,14-15H,5-6,10-12H2,1-2H3,(H,19,21)/t14-,15-/m0/s1.